The van der Waals surface area contributed by atoms with Crippen molar-refractivity contribution in [2.45, 2.75) is 126 Å². The summed E-state index contributed by atoms with van der Waals surface area (Å²) < 4.78 is 29.9. The molecule has 3 amide bonds. The maximum Gasteiger partial charge on any atom is 0.320 e. The van der Waals surface area contributed by atoms with Gasteiger partial charge in [-0.1, -0.05) is 24.3 Å². The van der Waals surface area contributed by atoms with E-state index in [-0.39, 0.29) is 68.4 Å². The Labute approximate surface area is 520 Å². The topological polar surface area (TPSA) is 376 Å². The zero-order valence-electron chi connectivity index (χ0n) is 50.2. The smallest absolute Gasteiger partial charge is 0.320 e. The van der Waals surface area contributed by atoms with Crippen LogP contribution in [0.2, 0.25) is 0 Å². The second kappa shape index (κ2) is 34.8. The Hall–Kier alpha value is -7.02. The predicted molar refractivity (Wildman–Crippen MR) is 328 cm³/mol. The Balaban J connectivity index is 0.705. The molecule has 9 N–H and O–H groups in total. The number of aromatic nitrogens is 4. The van der Waals surface area contributed by atoms with Gasteiger partial charge in [0.05, 0.1) is 70.1 Å². The number of thioether (sulfide) groups is 1. The molecule has 8 unspecified atom stereocenters. The van der Waals surface area contributed by atoms with E-state index >= 15 is 0 Å². The van der Waals surface area contributed by atoms with Crippen molar-refractivity contribution in [3.63, 3.8) is 0 Å². The number of fused-ring (bicyclic) bond motifs is 3. The van der Waals surface area contributed by atoms with Crippen LogP contribution < -0.4 is 27.0 Å². The molecule has 2 aromatic carbocycles. The molecular weight excluding hydrogens is 1170 g/mol. The number of carbonyl (C=O) groups excluding carboxylic acids is 5. The molecule has 0 spiro atoms. The number of nitrogens with one attached hydrogen (secondary N) is 4. The molecule has 1 saturated heterocycles. The van der Waals surface area contributed by atoms with Crippen LogP contribution in [-0.4, -0.2) is 184 Å². The van der Waals surface area contributed by atoms with E-state index in [1.165, 1.54) is 29.0 Å². The number of ether oxygens (including phenoxy) is 5. The Morgan fingerprint density at radius 2 is 1.43 bits per heavy atom. The molecule has 4 aliphatic rings. The first kappa shape index (κ1) is 67.9. The molecule has 482 valence electrons. The number of benzene rings is 2. The number of hydrogen-bond donors (Lipinski definition) is 8. The number of azo groups is 1. The minimum absolute atomic E-state index is 0.00869. The summed E-state index contributed by atoms with van der Waals surface area (Å²) in [5, 5.41) is 59.1. The number of imidazole rings is 1. The molecule has 9 atom stereocenters. The average Bonchev–Trinajstić information content (AvgIpc) is 1.80. The van der Waals surface area contributed by atoms with Crippen molar-refractivity contribution in [3.8, 4) is 0 Å². The molecule has 2 aromatic heterocycles. The van der Waals surface area contributed by atoms with E-state index in [1.54, 1.807) is 24.3 Å². The molecule has 2 aliphatic heterocycles. The molecule has 0 radical (unpaired) electrons. The maximum absolute atomic E-state index is 13.6. The number of carbonyl (C=O) groups is 6. The highest BCUT2D eigenvalue weighted by atomic mass is 32.2. The van der Waals surface area contributed by atoms with Gasteiger partial charge in [0.2, 0.25) is 17.5 Å². The number of amides is 3. The molecule has 4 aromatic rings. The van der Waals surface area contributed by atoms with E-state index in [0.717, 1.165) is 24.8 Å². The maximum atomic E-state index is 13.6. The predicted octanol–water partition coefficient (Wildman–Crippen LogP) is 5.41. The zero-order valence-corrected chi connectivity index (χ0v) is 51.0. The van der Waals surface area contributed by atoms with E-state index in [4.69, 9.17) is 34.5 Å². The largest absolute Gasteiger partial charge is 0.480 e. The zero-order chi connectivity index (χ0) is 63.0. The van der Waals surface area contributed by atoms with Crippen LogP contribution in [0.25, 0.3) is 11.2 Å². The van der Waals surface area contributed by atoms with Crippen LogP contribution in [0.5, 0.6) is 0 Å². The average molecular weight is 1250 g/mol. The van der Waals surface area contributed by atoms with Gasteiger partial charge in [0, 0.05) is 74.7 Å². The number of aliphatic hydroxyl groups is 2. The van der Waals surface area contributed by atoms with Crippen molar-refractivity contribution in [1.29, 1.82) is 0 Å². The van der Waals surface area contributed by atoms with Crippen LogP contribution in [0.3, 0.4) is 0 Å². The molecule has 8 rings (SSSR count). The van der Waals surface area contributed by atoms with Crippen molar-refractivity contribution < 1.29 is 67.8 Å². The van der Waals surface area contributed by atoms with E-state index < -0.39 is 60.1 Å². The number of ketones is 2. The molecule has 27 nitrogen and oxygen atoms in total. The summed E-state index contributed by atoms with van der Waals surface area (Å²) in [7, 11) is 0. The Bertz CT molecular complexity index is 3050. The van der Waals surface area contributed by atoms with E-state index in [1.807, 2.05) is 31.2 Å². The number of Topliss-reactive ketones (excluding diaryl/α,β-unsaturated/α-hetero) is 2. The number of anilines is 1. The number of rotatable bonds is 43. The van der Waals surface area contributed by atoms with Gasteiger partial charge in [-0.25, -0.2) is 15.0 Å². The molecule has 89 heavy (non-hydrogen) atoms. The summed E-state index contributed by atoms with van der Waals surface area (Å²) in [6, 6.07) is 11.7. The highest BCUT2D eigenvalue weighted by Gasteiger charge is 2.44. The number of hydrogen-bond acceptors (Lipinski definition) is 23. The lowest BCUT2D eigenvalue weighted by atomic mass is 9.88. The molecule has 2 fully saturated rings. The summed E-state index contributed by atoms with van der Waals surface area (Å²) in [5.74, 6) is 0.279. The third kappa shape index (κ3) is 21.0. The van der Waals surface area contributed by atoms with Gasteiger partial charge in [-0.3, -0.25) is 33.3 Å². The van der Waals surface area contributed by atoms with Crippen molar-refractivity contribution in [2.24, 2.45) is 43.9 Å². The third-order valence-electron chi connectivity index (χ3n) is 15.8. The second-order valence-corrected chi connectivity index (χ2v) is 23.7. The molecule has 4 heterocycles. The van der Waals surface area contributed by atoms with Gasteiger partial charge < -0.3 is 66.0 Å². The fourth-order valence-electron chi connectivity index (χ4n) is 10.6. The number of nitrogens with zero attached hydrogens (tertiary/aromatic N) is 8. The van der Waals surface area contributed by atoms with Gasteiger partial charge in [-0.05, 0) is 112 Å². The molecule has 28 heteroatoms. The number of allylic oxidation sites excluding steroid dienone is 2. The van der Waals surface area contributed by atoms with Gasteiger partial charge in [-0.2, -0.15) is 32.2 Å². The van der Waals surface area contributed by atoms with E-state index in [9.17, 15) is 39.0 Å². The van der Waals surface area contributed by atoms with Gasteiger partial charge in [0.25, 0.3) is 5.91 Å². The van der Waals surface area contributed by atoms with Crippen molar-refractivity contribution in [1.82, 2.24) is 35.5 Å². The van der Waals surface area contributed by atoms with Crippen LogP contribution in [0, 0.1) is 17.8 Å². The lowest BCUT2D eigenvalue weighted by Gasteiger charge is -2.18. The first-order valence-corrected chi connectivity index (χ1v) is 31.8. The third-order valence-corrected chi connectivity index (χ3v) is 16.9. The summed E-state index contributed by atoms with van der Waals surface area (Å²) in [6.07, 6.45) is 8.58. The number of carboxylic acid groups (broad SMARTS) is 1. The van der Waals surface area contributed by atoms with Crippen molar-refractivity contribution in [3.05, 3.63) is 84.5 Å². The molecular formula is C61H83N13O14S. The van der Waals surface area contributed by atoms with Crippen LogP contribution in [0.1, 0.15) is 106 Å². The number of aliphatic carboxylic acids is 1. The lowest BCUT2D eigenvalue weighted by Crippen LogP contribution is -2.47. The number of aliphatic hydroxyl groups excluding tert-OH is 2. The Morgan fingerprint density at radius 3 is 2.10 bits per heavy atom. The van der Waals surface area contributed by atoms with Crippen LogP contribution in [0.15, 0.2) is 93.8 Å². The van der Waals surface area contributed by atoms with Crippen molar-refractivity contribution >= 4 is 75.4 Å². The first-order chi connectivity index (χ1) is 43.1. The van der Waals surface area contributed by atoms with Gasteiger partial charge in [-0.15, -0.1) is 0 Å². The van der Waals surface area contributed by atoms with Crippen LogP contribution in [-0.2, 0) is 53.3 Å². The van der Waals surface area contributed by atoms with Crippen LogP contribution in [0.4, 0.5) is 17.2 Å². The molecule has 1 saturated carbocycles. The first-order valence-electron chi connectivity index (χ1n) is 30.6. The minimum atomic E-state index is -1.28. The fraction of sp³-hybridized carbons (Fsp3) is 0.590. The SMILES string of the molecule is CC1(c2ccc(N=Nc3ccc(C(=O)N[C@H](CCC(=O)NCCCCNc4ncnc5c4ncn5C4OC(CSCCC(N)C(=O)O)C(O)C4O)C(=O)NCCCC(=O)CCOCCOCCOCCOCCCC(=O)C4CC5C=CC4C5)cc3)cc2)N=N1. The summed E-state index contributed by atoms with van der Waals surface area (Å²) in [4.78, 5) is 89.7. The summed E-state index contributed by atoms with van der Waals surface area (Å²) >= 11 is 1.36. The fourth-order valence-corrected chi connectivity index (χ4v) is 11.7. The van der Waals surface area contributed by atoms with Crippen LogP contribution >= 0.6 is 11.8 Å². The number of nitrogens with two attached hydrogens (primary N) is 1. The van der Waals surface area contributed by atoms with Gasteiger partial charge >= 0.3 is 5.97 Å². The number of unbranched alkanes of at least 4 members (excludes halogenated alkanes) is 1. The summed E-state index contributed by atoms with van der Waals surface area (Å²) in [6.45, 7) is 5.96. The summed E-state index contributed by atoms with van der Waals surface area (Å²) in [5.41, 5.74) is 8.20. The normalized spacial score (nSPS) is 21.1. The Morgan fingerprint density at radius 1 is 0.753 bits per heavy atom. The van der Waals surface area contributed by atoms with E-state index in [0.29, 0.717) is 143 Å². The Kier molecular flexibility index (Phi) is 26.6. The van der Waals surface area contributed by atoms with Crippen molar-refractivity contribution in [2.75, 3.05) is 89.3 Å². The highest BCUT2D eigenvalue weighted by molar-refractivity contribution is 7.99. The van der Waals surface area contributed by atoms with E-state index in [2.05, 4.69) is 68.8 Å². The molecule has 2 aliphatic carbocycles. The standard InChI is InChI=1S/C61H83N13O14S/c1-61(72-73-61)42-12-16-44(17-13-42)71-70-43-14-10-40(11-15-43)57(80)69-48(58(81)65-24-4-6-45(75)20-26-85-28-30-87-32-31-86-29-27-84-25-5-7-49(76)46-35-39-8-9-41(46)34-39)18-19-51(77)63-22-2-3-23-64-55-52-56(67-37-66-55)74(38-68-52)59-54(79)53(78)50(88-59)36-89-33-21-47(62)60(82)83/h8-17,37-39,41,46-48,50,53-54,59,78-79H,2-7,18-36,62H2,1H3,(H,63,77)(H,65,81)(H,69,80)(H,82,83)(H,64,66,67)/t39?,41?,46?,47?,48-,50?,53?,54?,59?/m1/s1. The molecule has 2 bridgehead atoms. The van der Waals surface area contributed by atoms with Gasteiger partial charge in [0.1, 0.15) is 42.2 Å². The second-order valence-electron chi connectivity index (χ2n) is 22.6. The quantitative estimate of drug-likeness (QED) is 0.0156. The number of carboxylic acids is 1. The highest BCUT2D eigenvalue weighted by Crippen LogP contribution is 2.44. The lowest BCUT2D eigenvalue weighted by molar-refractivity contribution is -0.138. The monoisotopic (exact) mass is 1250 g/mol. The minimum Gasteiger partial charge on any atom is -0.480 e. The van der Waals surface area contributed by atoms with Gasteiger partial charge in [0.15, 0.2) is 23.2 Å².